The molecule has 8 rings (SSSR count). The molecule has 11 heteroatoms. The second-order valence-corrected chi connectivity index (χ2v) is 12.9. The number of fused-ring (bicyclic) bond motifs is 4. The van der Waals surface area contributed by atoms with Gasteiger partial charge in [0.25, 0.3) is 0 Å². The molecule has 3 aromatic carbocycles. The van der Waals surface area contributed by atoms with Crippen molar-refractivity contribution in [1.29, 1.82) is 0 Å². The van der Waals surface area contributed by atoms with Gasteiger partial charge >= 0.3 is 6.09 Å². The van der Waals surface area contributed by atoms with E-state index in [2.05, 4.69) is 45.1 Å². The lowest BCUT2D eigenvalue weighted by Crippen LogP contribution is -2.27. The van der Waals surface area contributed by atoms with Crippen molar-refractivity contribution in [3.8, 4) is 11.1 Å². The number of amides is 2. The summed E-state index contributed by atoms with van der Waals surface area (Å²) in [5.74, 6) is 1.51. The van der Waals surface area contributed by atoms with E-state index >= 15 is 0 Å². The van der Waals surface area contributed by atoms with Gasteiger partial charge in [0.15, 0.2) is 5.16 Å². The molecular formula is C35H31N7O3S. The Labute approximate surface area is 270 Å². The monoisotopic (exact) mass is 629 g/mol. The summed E-state index contributed by atoms with van der Waals surface area (Å²) in [6, 6.07) is 26.2. The van der Waals surface area contributed by atoms with Crippen LogP contribution in [0, 0.1) is 12.8 Å². The Kier molecular flexibility index (Phi) is 7.17. The number of anilines is 3. The molecule has 2 aliphatic carbocycles. The van der Waals surface area contributed by atoms with Crippen LogP contribution in [0.25, 0.3) is 11.1 Å². The molecule has 3 heterocycles. The van der Waals surface area contributed by atoms with E-state index in [1.54, 1.807) is 4.90 Å². The van der Waals surface area contributed by atoms with E-state index in [1.165, 1.54) is 34.0 Å². The average Bonchev–Trinajstić information content (AvgIpc) is 3.59. The standard InChI is InChI=1S/C35H31N7O3S/c1-20-16-31(41-40-20)38-32-28-17-42(35(44)45-19-29-26-8-4-2-6-24(26)25-7-3-5-9-27(25)29)18-30(28)37-34(39-32)46-23-14-12-22(13-15-23)36-33(43)21-10-11-21/h2-9,12-16,21,29H,10-11,17-19H2,1H3,(H,36,43)(H2,37,38,39,40,41). The topological polar surface area (TPSA) is 125 Å². The highest BCUT2D eigenvalue weighted by Crippen LogP contribution is 2.44. The molecule has 2 amide bonds. The van der Waals surface area contributed by atoms with Gasteiger partial charge in [0, 0.05) is 34.0 Å². The first-order valence-electron chi connectivity index (χ1n) is 15.4. The molecule has 3 aliphatic rings. The minimum atomic E-state index is -0.388. The van der Waals surface area contributed by atoms with Crippen LogP contribution < -0.4 is 10.6 Å². The SMILES string of the molecule is Cc1cc(Nc2nc(Sc3ccc(NC(=O)C4CC4)cc3)nc3c2CN(C(=O)OCC2c4ccccc4-c4ccccc42)C3)[nH]n1. The molecule has 5 aromatic rings. The van der Waals surface area contributed by atoms with Crippen molar-refractivity contribution in [3.05, 3.63) is 107 Å². The lowest BCUT2D eigenvalue weighted by Gasteiger charge is -2.18. The molecule has 1 saturated carbocycles. The maximum atomic E-state index is 13.5. The minimum Gasteiger partial charge on any atom is -0.448 e. The van der Waals surface area contributed by atoms with Gasteiger partial charge in [-0.2, -0.15) is 5.10 Å². The first kappa shape index (κ1) is 28.3. The number of aryl methyl sites for hydroxylation is 1. The normalized spacial score (nSPS) is 14.8. The van der Waals surface area contributed by atoms with Gasteiger partial charge < -0.3 is 15.4 Å². The Morgan fingerprint density at radius 3 is 2.35 bits per heavy atom. The average molecular weight is 630 g/mol. The molecule has 0 unspecified atom stereocenters. The Morgan fingerprint density at radius 2 is 1.67 bits per heavy atom. The van der Waals surface area contributed by atoms with Crippen LogP contribution in [0.5, 0.6) is 0 Å². The Balaban J connectivity index is 0.997. The van der Waals surface area contributed by atoms with E-state index in [4.69, 9.17) is 14.7 Å². The van der Waals surface area contributed by atoms with Gasteiger partial charge in [0.05, 0.1) is 24.5 Å². The van der Waals surface area contributed by atoms with Crippen LogP contribution in [0.2, 0.25) is 0 Å². The fourth-order valence-electron chi connectivity index (χ4n) is 6.11. The minimum absolute atomic E-state index is 0.0154. The molecule has 1 aliphatic heterocycles. The van der Waals surface area contributed by atoms with Crippen molar-refractivity contribution >= 4 is 41.1 Å². The first-order chi connectivity index (χ1) is 22.5. The van der Waals surface area contributed by atoms with Crippen molar-refractivity contribution in [1.82, 2.24) is 25.1 Å². The summed E-state index contributed by atoms with van der Waals surface area (Å²) in [6.45, 7) is 2.79. The fraction of sp³-hybridized carbons (Fsp3) is 0.229. The van der Waals surface area contributed by atoms with E-state index in [0.29, 0.717) is 29.9 Å². The predicted octanol–water partition coefficient (Wildman–Crippen LogP) is 7.02. The van der Waals surface area contributed by atoms with E-state index < -0.39 is 0 Å². The van der Waals surface area contributed by atoms with Crippen molar-refractivity contribution in [3.63, 3.8) is 0 Å². The van der Waals surface area contributed by atoms with Gasteiger partial charge in [-0.3, -0.25) is 14.8 Å². The second-order valence-electron chi connectivity index (χ2n) is 11.9. The third-order valence-electron chi connectivity index (χ3n) is 8.59. The number of aromatic amines is 1. The quantitative estimate of drug-likeness (QED) is 0.157. The molecule has 3 N–H and O–H groups in total. The molecule has 0 spiro atoms. The van der Waals surface area contributed by atoms with Gasteiger partial charge in [-0.05, 0) is 78.0 Å². The zero-order valence-corrected chi connectivity index (χ0v) is 25.9. The molecule has 0 atom stereocenters. The van der Waals surface area contributed by atoms with Crippen LogP contribution in [0.1, 0.15) is 46.8 Å². The van der Waals surface area contributed by atoms with Crippen molar-refractivity contribution in [2.45, 2.75) is 48.8 Å². The van der Waals surface area contributed by atoms with Crippen LogP contribution in [-0.2, 0) is 22.6 Å². The third-order valence-corrected chi connectivity index (χ3v) is 9.47. The Bertz CT molecular complexity index is 1930. The number of hydrogen-bond donors (Lipinski definition) is 3. The lowest BCUT2D eigenvalue weighted by atomic mass is 9.98. The second kappa shape index (κ2) is 11.6. The summed E-state index contributed by atoms with van der Waals surface area (Å²) in [5.41, 5.74) is 7.94. The summed E-state index contributed by atoms with van der Waals surface area (Å²) >= 11 is 1.42. The highest BCUT2D eigenvalue weighted by molar-refractivity contribution is 7.99. The number of benzene rings is 3. The molecule has 1 fully saturated rings. The van der Waals surface area contributed by atoms with Gasteiger partial charge in [0.1, 0.15) is 18.2 Å². The fourth-order valence-corrected chi connectivity index (χ4v) is 6.89. The predicted molar refractivity (Wildman–Crippen MR) is 175 cm³/mol. The number of hydrogen-bond acceptors (Lipinski definition) is 8. The maximum Gasteiger partial charge on any atom is 0.410 e. The van der Waals surface area contributed by atoms with Crippen molar-refractivity contribution in [2.75, 3.05) is 17.2 Å². The number of carbonyl (C=O) groups is 2. The highest BCUT2D eigenvalue weighted by Gasteiger charge is 2.33. The Hall–Kier alpha value is -5.16. The zero-order valence-electron chi connectivity index (χ0n) is 25.1. The number of nitrogens with zero attached hydrogens (tertiary/aromatic N) is 4. The molecule has 230 valence electrons. The van der Waals surface area contributed by atoms with E-state index in [1.807, 2.05) is 61.5 Å². The number of nitrogens with one attached hydrogen (secondary N) is 3. The summed E-state index contributed by atoms with van der Waals surface area (Å²) in [6.07, 6.45) is 1.53. The number of rotatable bonds is 8. The highest BCUT2D eigenvalue weighted by atomic mass is 32.2. The summed E-state index contributed by atoms with van der Waals surface area (Å²) in [4.78, 5) is 37.9. The molecule has 0 saturated heterocycles. The van der Waals surface area contributed by atoms with E-state index in [9.17, 15) is 9.59 Å². The van der Waals surface area contributed by atoms with Gasteiger partial charge in [-0.25, -0.2) is 14.8 Å². The number of H-pyrrole nitrogens is 1. The molecule has 46 heavy (non-hydrogen) atoms. The number of aromatic nitrogens is 4. The molecule has 0 radical (unpaired) electrons. The van der Waals surface area contributed by atoms with Crippen LogP contribution in [0.3, 0.4) is 0 Å². The zero-order chi connectivity index (χ0) is 31.2. The van der Waals surface area contributed by atoms with Gasteiger partial charge in [-0.1, -0.05) is 48.5 Å². The number of ether oxygens (including phenoxy) is 1. The van der Waals surface area contributed by atoms with Crippen LogP contribution >= 0.6 is 11.8 Å². The molecule has 2 aromatic heterocycles. The first-order valence-corrected chi connectivity index (χ1v) is 16.2. The largest absolute Gasteiger partial charge is 0.448 e. The molecule has 10 nitrogen and oxygen atoms in total. The van der Waals surface area contributed by atoms with E-state index in [0.717, 1.165) is 40.4 Å². The lowest BCUT2D eigenvalue weighted by molar-refractivity contribution is -0.117. The van der Waals surface area contributed by atoms with Gasteiger partial charge in [0.2, 0.25) is 5.91 Å². The Morgan fingerprint density at radius 1 is 0.957 bits per heavy atom. The van der Waals surface area contributed by atoms with Gasteiger partial charge in [-0.15, -0.1) is 0 Å². The summed E-state index contributed by atoms with van der Waals surface area (Å²) in [5, 5.41) is 14.1. The van der Waals surface area contributed by atoms with Crippen LogP contribution in [-0.4, -0.2) is 43.7 Å². The van der Waals surface area contributed by atoms with Crippen LogP contribution in [0.4, 0.5) is 22.1 Å². The maximum absolute atomic E-state index is 13.5. The molecular weight excluding hydrogens is 598 g/mol. The van der Waals surface area contributed by atoms with Crippen molar-refractivity contribution < 1.29 is 14.3 Å². The number of carbonyl (C=O) groups excluding carboxylic acids is 2. The summed E-state index contributed by atoms with van der Waals surface area (Å²) < 4.78 is 5.97. The smallest absolute Gasteiger partial charge is 0.410 e. The molecule has 0 bridgehead atoms. The van der Waals surface area contributed by atoms with Crippen molar-refractivity contribution in [2.24, 2.45) is 5.92 Å². The van der Waals surface area contributed by atoms with E-state index in [-0.39, 0.29) is 30.4 Å². The summed E-state index contributed by atoms with van der Waals surface area (Å²) in [7, 11) is 0. The van der Waals surface area contributed by atoms with Crippen LogP contribution in [0.15, 0.2) is 88.9 Å². The third kappa shape index (κ3) is 5.58.